The van der Waals surface area contributed by atoms with Gasteiger partial charge in [0, 0.05) is 18.0 Å². The molecule has 0 bridgehead atoms. The lowest BCUT2D eigenvalue weighted by Gasteiger charge is -2.35. The average Bonchev–Trinajstić information content (AvgIpc) is 2.88. The van der Waals surface area contributed by atoms with E-state index in [1.165, 1.54) is 16.7 Å². The van der Waals surface area contributed by atoms with Gasteiger partial charge in [0.15, 0.2) is 5.96 Å². The molecule has 1 unspecified atom stereocenters. The highest BCUT2D eigenvalue weighted by Gasteiger charge is 2.38. The van der Waals surface area contributed by atoms with Crippen LogP contribution < -0.4 is 11.1 Å². The number of hydrogen-bond acceptors (Lipinski definition) is 5. The fourth-order valence-electron chi connectivity index (χ4n) is 3.42. The van der Waals surface area contributed by atoms with Gasteiger partial charge in [-0.15, -0.1) is 0 Å². The molecule has 2 heterocycles. The molecular formula is C16H17N5. The summed E-state index contributed by atoms with van der Waals surface area (Å²) in [5.74, 6) is 0.573. The van der Waals surface area contributed by atoms with Crippen molar-refractivity contribution in [2.75, 3.05) is 6.54 Å². The van der Waals surface area contributed by atoms with Crippen molar-refractivity contribution >= 4 is 5.96 Å². The summed E-state index contributed by atoms with van der Waals surface area (Å²) in [6.45, 7) is 0.771. The Labute approximate surface area is 123 Å². The quantitative estimate of drug-likeness (QED) is 0.824. The molecule has 1 atom stereocenters. The van der Waals surface area contributed by atoms with E-state index in [9.17, 15) is 0 Å². The van der Waals surface area contributed by atoms with Crippen LogP contribution in [0, 0.1) is 0 Å². The first-order valence-electron chi connectivity index (χ1n) is 7.21. The molecule has 3 N–H and O–H groups in total. The Bertz CT molecular complexity index is 710. The number of hydrogen-bond donors (Lipinski definition) is 2. The molecule has 21 heavy (non-hydrogen) atoms. The predicted molar refractivity (Wildman–Crippen MR) is 81.8 cm³/mol. The third-order valence-electron chi connectivity index (χ3n) is 4.44. The summed E-state index contributed by atoms with van der Waals surface area (Å²) in [7, 11) is 0. The van der Waals surface area contributed by atoms with Crippen molar-refractivity contribution in [3.8, 4) is 11.3 Å². The minimum absolute atomic E-state index is 0.0120. The zero-order valence-corrected chi connectivity index (χ0v) is 11.7. The summed E-state index contributed by atoms with van der Waals surface area (Å²) in [5.41, 5.74) is 10.7. The first kappa shape index (κ1) is 12.3. The minimum Gasteiger partial charge on any atom is -0.370 e. The molecule has 5 heteroatoms. The van der Waals surface area contributed by atoms with E-state index in [0.29, 0.717) is 5.96 Å². The summed E-state index contributed by atoms with van der Waals surface area (Å²) in [4.78, 5) is 12.9. The van der Waals surface area contributed by atoms with Crippen LogP contribution in [0.5, 0.6) is 0 Å². The van der Waals surface area contributed by atoms with Crippen LogP contribution in [0.25, 0.3) is 11.3 Å². The Morgan fingerprint density at radius 3 is 2.95 bits per heavy atom. The highest BCUT2D eigenvalue weighted by Crippen LogP contribution is 2.35. The van der Waals surface area contributed by atoms with E-state index in [1.807, 2.05) is 6.20 Å². The van der Waals surface area contributed by atoms with Crippen molar-refractivity contribution < 1.29 is 0 Å². The van der Waals surface area contributed by atoms with Crippen molar-refractivity contribution in [1.29, 1.82) is 0 Å². The molecule has 1 aliphatic heterocycles. The summed E-state index contributed by atoms with van der Waals surface area (Å²) in [6.07, 6.45) is 8.29. The summed E-state index contributed by atoms with van der Waals surface area (Å²) < 4.78 is 0. The fourth-order valence-corrected chi connectivity index (χ4v) is 3.42. The standard InChI is InChI=1S/C16H17N5/c17-15-20-10-16(21-15)5-4-12-11(8-16)2-1-3-13(12)14-9-18-6-7-19-14/h1-3,6-7,9H,4-5,8,10H2,(H3,17,20,21). The molecule has 1 aromatic heterocycles. The Balaban J connectivity index is 1.72. The second-order valence-electron chi connectivity index (χ2n) is 5.82. The molecule has 4 rings (SSSR count). The second kappa shape index (κ2) is 4.55. The number of rotatable bonds is 1. The maximum atomic E-state index is 5.80. The number of nitrogens with one attached hydrogen (secondary N) is 1. The van der Waals surface area contributed by atoms with E-state index in [1.54, 1.807) is 12.4 Å². The van der Waals surface area contributed by atoms with Gasteiger partial charge in [-0.05, 0) is 30.4 Å². The van der Waals surface area contributed by atoms with Crippen LogP contribution in [0.3, 0.4) is 0 Å². The number of guanidine groups is 1. The maximum Gasteiger partial charge on any atom is 0.189 e. The van der Waals surface area contributed by atoms with Gasteiger partial charge < -0.3 is 11.1 Å². The Hall–Kier alpha value is -2.43. The zero-order valence-electron chi connectivity index (χ0n) is 11.7. The second-order valence-corrected chi connectivity index (χ2v) is 5.82. The number of fused-ring (bicyclic) bond motifs is 1. The molecular weight excluding hydrogens is 262 g/mol. The first-order chi connectivity index (χ1) is 10.3. The molecule has 1 aliphatic carbocycles. The number of aromatic nitrogens is 2. The van der Waals surface area contributed by atoms with Gasteiger partial charge in [0.1, 0.15) is 0 Å². The van der Waals surface area contributed by atoms with E-state index in [4.69, 9.17) is 5.73 Å². The average molecular weight is 279 g/mol. The highest BCUT2D eigenvalue weighted by molar-refractivity contribution is 5.81. The topological polar surface area (TPSA) is 76.2 Å². The predicted octanol–water partition coefficient (Wildman–Crippen LogP) is 1.29. The monoisotopic (exact) mass is 279 g/mol. The minimum atomic E-state index is 0.0120. The van der Waals surface area contributed by atoms with Gasteiger partial charge in [-0.25, -0.2) is 0 Å². The van der Waals surface area contributed by atoms with Gasteiger partial charge in [0.05, 0.1) is 24.0 Å². The smallest absolute Gasteiger partial charge is 0.189 e. The molecule has 106 valence electrons. The molecule has 1 spiro atoms. The van der Waals surface area contributed by atoms with E-state index in [0.717, 1.165) is 31.5 Å². The lowest BCUT2D eigenvalue weighted by atomic mass is 9.76. The van der Waals surface area contributed by atoms with Gasteiger partial charge in [-0.1, -0.05) is 18.2 Å². The fraction of sp³-hybridized carbons (Fsp3) is 0.312. The lowest BCUT2D eigenvalue weighted by Crippen LogP contribution is -2.51. The third kappa shape index (κ3) is 2.05. The Kier molecular flexibility index (Phi) is 2.67. The molecule has 2 aliphatic rings. The highest BCUT2D eigenvalue weighted by atomic mass is 15.2. The number of nitrogens with two attached hydrogens (primary N) is 1. The number of benzene rings is 1. The summed E-state index contributed by atoms with van der Waals surface area (Å²) in [5, 5.41) is 3.37. The van der Waals surface area contributed by atoms with Crippen LogP contribution in [0.1, 0.15) is 17.5 Å². The number of aliphatic imine (C=N–C) groups is 1. The van der Waals surface area contributed by atoms with Crippen LogP contribution in [0.15, 0.2) is 41.8 Å². The van der Waals surface area contributed by atoms with E-state index >= 15 is 0 Å². The summed E-state index contributed by atoms with van der Waals surface area (Å²) >= 11 is 0. The molecule has 0 amide bonds. The maximum absolute atomic E-state index is 5.80. The van der Waals surface area contributed by atoms with Crippen molar-refractivity contribution in [3.63, 3.8) is 0 Å². The normalized spacial score (nSPS) is 23.5. The van der Waals surface area contributed by atoms with E-state index in [-0.39, 0.29) is 5.54 Å². The van der Waals surface area contributed by atoms with Crippen molar-refractivity contribution in [2.45, 2.75) is 24.8 Å². The van der Waals surface area contributed by atoms with Crippen LogP contribution in [0.2, 0.25) is 0 Å². The Morgan fingerprint density at radius 1 is 1.24 bits per heavy atom. The number of nitrogens with zero attached hydrogens (tertiary/aromatic N) is 3. The van der Waals surface area contributed by atoms with Crippen molar-refractivity contribution in [2.24, 2.45) is 10.7 Å². The first-order valence-corrected chi connectivity index (χ1v) is 7.21. The van der Waals surface area contributed by atoms with Crippen LogP contribution >= 0.6 is 0 Å². The largest absolute Gasteiger partial charge is 0.370 e. The molecule has 0 saturated carbocycles. The summed E-state index contributed by atoms with van der Waals surface area (Å²) in [6, 6.07) is 6.43. The van der Waals surface area contributed by atoms with E-state index in [2.05, 4.69) is 38.5 Å². The van der Waals surface area contributed by atoms with Crippen molar-refractivity contribution in [3.05, 3.63) is 47.9 Å². The van der Waals surface area contributed by atoms with Crippen LogP contribution in [0.4, 0.5) is 0 Å². The molecule has 0 radical (unpaired) electrons. The van der Waals surface area contributed by atoms with Crippen molar-refractivity contribution in [1.82, 2.24) is 15.3 Å². The van der Waals surface area contributed by atoms with Crippen LogP contribution in [-0.4, -0.2) is 28.0 Å². The van der Waals surface area contributed by atoms with Gasteiger partial charge in [0.2, 0.25) is 0 Å². The molecule has 5 nitrogen and oxygen atoms in total. The van der Waals surface area contributed by atoms with E-state index < -0.39 is 0 Å². The van der Waals surface area contributed by atoms with Crippen LogP contribution in [-0.2, 0) is 12.8 Å². The molecule has 2 aromatic rings. The third-order valence-corrected chi connectivity index (χ3v) is 4.44. The van der Waals surface area contributed by atoms with Gasteiger partial charge >= 0.3 is 0 Å². The molecule has 1 aromatic carbocycles. The Morgan fingerprint density at radius 2 is 2.19 bits per heavy atom. The molecule has 0 fully saturated rings. The SMILES string of the molecule is NC1=NCC2(CCc3c(cccc3-c3cnccn3)C2)N1. The zero-order chi connectivity index (χ0) is 14.3. The van der Waals surface area contributed by atoms with Gasteiger partial charge in [-0.3, -0.25) is 15.0 Å². The lowest BCUT2D eigenvalue weighted by molar-refractivity contribution is 0.362. The van der Waals surface area contributed by atoms with Gasteiger partial charge in [0.25, 0.3) is 0 Å². The van der Waals surface area contributed by atoms with Gasteiger partial charge in [-0.2, -0.15) is 0 Å². The molecule has 0 saturated heterocycles.